The van der Waals surface area contributed by atoms with Crippen LogP contribution in [0.15, 0.2) is 36.4 Å². The van der Waals surface area contributed by atoms with Crippen molar-refractivity contribution in [1.82, 2.24) is 0 Å². The maximum Gasteiger partial charge on any atom is 0.0465 e. The molecule has 0 amide bonds. The highest BCUT2D eigenvalue weighted by Crippen LogP contribution is 2.13. The molecule has 0 spiro atoms. The van der Waals surface area contributed by atoms with Gasteiger partial charge in [-0.05, 0) is 38.2 Å². The molecule has 0 atom stereocenters. The molecule has 1 rings (SSSR count). The van der Waals surface area contributed by atoms with Gasteiger partial charge >= 0.3 is 0 Å². The molecule has 1 aromatic carbocycles. The molecule has 0 unspecified atom stereocenters. The van der Waals surface area contributed by atoms with Crippen molar-refractivity contribution in [3.8, 4) is 0 Å². The lowest BCUT2D eigenvalue weighted by molar-refractivity contribution is 0.195. The smallest absolute Gasteiger partial charge is 0.0465 e. The fourth-order valence-electron chi connectivity index (χ4n) is 1.67. The van der Waals surface area contributed by atoms with Gasteiger partial charge in [-0.15, -0.1) is 0 Å². The van der Waals surface area contributed by atoms with Crippen molar-refractivity contribution in [1.29, 1.82) is 0 Å². The molecule has 0 fully saturated rings. The predicted octanol–water partition coefficient (Wildman–Crippen LogP) is 3.91. The van der Waals surface area contributed by atoms with Crippen molar-refractivity contribution >= 4 is 0 Å². The number of rotatable bonds is 7. The van der Waals surface area contributed by atoms with Gasteiger partial charge in [0.1, 0.15) is 0 Å². The molecular formula is C15H22O. The van der Waals surface area contributed by atoms with Gasteiger partial charge in [-0.3, -0.25) is 0 Å². The number of methoxy groups -OCH3 is 1. The van der Waals surface area contributed by atoms with Crippen molar-refractivity contribution < 1.29 is 4.74 Å². The Balaban J connectivity index is 2.23. The second-order valence-electron chi connectivity index (χ2n) is 4.33. The Hall–Kier alpha value is -1.08. The maximum atomic E-state index is 5.03. The van der Waals surface area contributed by atoms with E-state index in [2.05, 4.69) is 37.8 Å². The van der Waals surface area contributed by atoms with Crippen LogP contribution in [0.1, 0.15) is 30.4 Å². The van der Waals surface area contributed by atoms with Crippen LogP contribution in [-0.4, -0.2) is 13.7 Å². The van der Waals surface area contributed by atoms with Crippen LogP contribution >= 0.6 is 0 Å². The first-order valence-electron chi connectivity index (χ1n) is 5.93. The van der Waals surface area contributed by atoms with Crippen LogP contribution in [0, 0.1) is 6.92 Å². The van der Waals surface area contributed by atoms with Crippen LogP contribution in [-0.2, 0) is 11.2 Å². The standard InChI is InChI=1S/C15H22O/c1-13(5-4-12-16-3)6-9-15-10-7-14(2)8-11-15/h7-8,10-11H,1,4-6,9,12H2,2-3H3. The minimum Gasteiger partial charge on any atom is -0.385 e. The number of ether oxygens (including phenoxy) is 1. The van der Waals surface area contributed by atoms with Crippen molar-refractivity contribution in [3.63, 3.8) is 0 Å². The van der Waals surface area contributed by atoms with Gasteiger partial charge in [0.05, 0.1) is 0 Å². The lowest BCUT2D eigenvalue weighted by Gasteiger charge is -2.06. The van der Waals surface area contributed by atoms with Gasteiger partial charge in [0.15, 0.2) is 0 Å². The average Bonchev–Trinajstić information content (AvgIpc) is 2.29. The average molecular weight is 218 g/mol. The second-order valence-corrected chi connectivity index (χ2v) is 4.33. The lowest BCUT2D eigenvalue weighted by Crippen LogP contribution is -1.92. The summed E-state index contributed by atoms with van der Waals surface area (Å²) in [6.45, 7) is 7.06. The van der Waals surface area contributed by atoms with Gasteiger partial charge < -0.3 is 4.74 Å². The molecule has 0 aliphatic rings. The fraction of sp³-hybridized carbons (Fsp3) is 0.467. The quantitative estimate of drug-likeness (QED) is 0.498. The number of benzene rings is 1. The van der Waals surface area contributed by atoms with Crippen molar-refractivity contribution in [3.05, 3.63) is 47.5 Å². The van der Waals surface area contributed by atoms with Gasteiger partial charge in [0, 0.05) is 13.7 Å². The summed E-state index contributed by atoms with van der Waals surface area (Å²) in [6, 6.07) is 8.75. The lowest BCUT2D eigenvalue weighted by atomic mass is 10.0. The third kappa shape index (κ3) is 5.13. The Morgan fingerprint density at radius 3 is 2.50 bits per heavy atom. The molecule has 0 aliphatic heterocycles. The summed E-state index contributed by atoms with van der Waals surface area (Å²) in [5.74, 6) is 0. The van der Waals surface area contributed by atoms with E-state index < -0.39 is 0 Å². The van der Waals surface area contributed by atoms with E-state index in [1.165, 1.54) is 16.7 Å². The van der Waals surface area contributed by atoms with E-state index in [0.29, 0.717) is 0 Å². The number of allylic oxidation sites excluding steroid dienone is 1. The SMILES string of the molecule is C=C(CCCOC)CCc1ccc(C)cc1. The van der Waals surface area contributed by atoms with Gasteiger partial charge in [0.25, 0.3) is 0 Å². The highest BCUT2D eigenvalue weighted by atomic mass is 16.5. The van der Waals surface area contributed by atoms with Crippen LogP contribution in [0.4, 0.5) is 0 Å². The van der Waals surface area contributed by atoms with E-state index in [4.69, 9.17) is 4.74 Å². The molecule has 88 valence electrons. The Kier molecular flexibility index (Phi) is 5.87. The summed E-state index contributed by atoms with van der Waals surface area (Å²) in [4.78, 5) is 0. The van der Waals surface area contributed by atoms with Crippen LogP contribution < -0.4 is 0 Å². The Labute approximate surface area is 99.1 Å². The summed E-state index contributed by atoms with van der Waals surface area (Å²) in [5, 5.41) is 0. The highest BCUT2D eigenvalue weighted by Gasteiger charge is 1.97. The number of hydrogen-bond donors (Lipinski definition) is 0. The molecule has 0 aliphatic carbocycles. The first-order chi connectivity index (χ1) is 7.72. The summed E-state index contributed by atoms with van der Waals surface area (Å²) in [5.41, 5.74) is 4.05. The second kappa shape index (κ2) is 7.24. The summed E-state index contributed by atoms with van der Waals surface area (Å²) >= 11 is 0. The zero-order chi connectivity index (χ0) is 11.8. The molecule has 0 saturated carbocycles. The van der Waals surface area contributed by atoms with Crippen molar-refractivity contribution in [2.75, 3.05) is 13.7 Å². The maximum absolute atomic E-state index is 5.03. The number of aryl methyl sites for hydroxylation is 2. The molecule has 0 radical (unpaired) electrons. The molecule has 0 N–H and O–H groups in total. The third-order valence-corrected chi connectivity index (χ3v) is 2.77. The largest absolute Gasteiger partial charge is 0.385 e. The molecule has 1 heteroatoms. The van der Waals surface area contributed by atoms with Gasteiger partial charge in [0.2, 0.25) is 0 Å². The van der Waals surface area contributed by atoms with E-state index in [0.717, 1.165) is 32.3 Å². The predicted molar refractivity (Wildman–Crippen MR) is 69.8 cm³/mol. The molecule has 16 heavy (non-hydrogen) atoms. The van der Waals surface area contributed by atoms with E-state index in [9.17, 15) is 0 Å². The third-order valence-electron chi connectivity index (χ3n) is 2.77. The van der Waals surface area contributed by atoms with Crippen LogP contribution in [0.5, 0.6) is 0 Å². The topological polar surface area (TPSA) is 9.23 Å². The van der Waals surface area contributed by atoms with E-state index in [1.54, 1.807) is 7.11 Å². The molecule has 0 saturated heterocycles. The Morgan fingerprint density at radius 1 is 1.19 bits per heavy atom. The molecule has 0 bridgehead atoms. The fourth-order valence-corrected chi connectivity index (χ4v) is 1.67. The Morgan fingerprint density at radius 2 is 1.88 bits per heavy atom. The number of hydrogen-bond acceptors (Lipinski definition) is 1. The highest BCUT2D eigenvalue weighted by molar-refractivity contribution is 5.22. The minimum absolute atomic E-state index is 0.837. The van der Waals surface area contributed by atoms with Crippen molar-refractivity contribution in [2.24, 2.45) is 0 Å². The summed E-state index contributed by atoms with van der Waals surface area (Å²) in [6.07, 6.45) is 4.36. The van der Waals surface area contributed by atoms with Gasteiger partial charge in [-0.25, -0.2) is 0 Å². The summed E-state index contributed by atoms with van der Waals surface area (Å²) in [7, 11) is 1.75. The van der Waals surface area contributed by atoms with Gasteiger partial charge in [-0.2, -0.15) is 0 Å². The van der Waals surface area contributed by atoms with E-state index in [-0.39, 0.29) is 0 Å². The first kappa shape index (κ1) is 13.0. The molecule has 1 aromatic rings. The minimum atomic E-state index is 0.837. The molecule has 1 nitrogen and oxygen atoms in total. The molecule has 0 heterocycles. The summed E-state index contributed by atoms with van der Waals surface area (Å²) < 4.78 is 5.03. The van der Waals surface area contributed by atoms with E-state index >= 15 is 0 Å². The zero-order valence-corrected chi connectivity index (χ0v) is 10.5. The van der Waals surface area contributed by atoms with Gasteiger partial charge in [-0.1, -0.05) is 42.0 Å². The van der Waals surface area contributed by atoms with Crippen LogP contribution in [0.2, 0.25) is 0 Å². The van der Waals surface area contributed by atoms with Crippen LogP contribution in [0.25, 0.3) is 0 Å². The molecular weight excluding hydrogens is 196 g/mol. The van der Waals surface area contributed by atoms with Crippen LogP contribution in [0.3, 0.4) is 0 Å². The van der Waals surface area contributed by atoms with Crippen molar-refractivity contribution in [2.45, 2.75) is 32.6 Å². The zero-order valence-electron chi connectivity index (χ0n) is 10.5. The monoisotopic (exact) mass is 218 g/mol. The Bertz CT molecular complexity index is 311. The van der Waals surface area contributed by atoms with E-state index in [1.807, 2.05) is 0 Å². The molecule has 0 aromatic heterocycles. The normalized spacial score (nSPS) is 10.4. The first-order valence-corrected chi connectivity index (χ1v) is 5.93.